The molecule has 2 rings (SSSR count). The van der Waals surface area contributed by atoms with E-state index in [1.54, 1.807) is 24.3 Å². The summed E-state index contributed by atoms with van der Waals surface area (Å²) in [6.45, 7) is 4.79. The van der Waals surface area contributed by atoms with Crippen molar-refractivity contribution in [3.05, 3.63) is 42.3 Å². The number of halogens is 1. The fourth-order valence-corrected chi connectivity index (χ4v) is 2.31. The second-order valence-corrected chi connectivity index (χ2v) is 6.08. The van der Waals surface area contributed by atoms with Crippen LogP contribution in [0.4, 0.5) is 15.0 Å². The van der Waals surface area contributed by atoms with Crippen molar-refractivity contribution in [3.63, 3.8) is 0 Å². The quantitative estimate of drug-likeness (QED) is 0.726. The maximum absolute atomic E-state index is 14.3. The van der Waals surface area contributed by atoms with Crippen molar-refractivity contribution < 1.29 is 18.7 Å². The molecule has 1 aromatic heterocycles. The van der Waals surface area contributed by atoms with Crippen LogP contribution in [-0.4, -0.2) is 24.8 Å². The molecule has 0 atom stereocenters. The van der Waals surface area contributed by atoms with Gasteiger partial charge in [-0.25, -0.2) is 14.2 Å². The maximum atomic E-state index is 14.3. The predicted octanol–water partition coefficient (Wildman–Crippen LogP) is 4.88. The standard InChI is InChI=1S/C19H23FN2O3/c1-13(2)5-4-10-25-17-7-6-14(11-16(17)20)15-8-9-21-18(12-15)22-19(23)24-3/h6-9,11-13H,4-5,10H2,1-3H3,(H,21,22,23). The third kappa shape index (κ3) is 5.74. The normalized spacial score (nSPS) is 10.6. The number of benzene rings is 1. The van der Waals surface area contributed by atoms with Crippen LogP contribution in [0.15, 0.2) is 36.5 Å². The number of carbonyl (C=O) groups is 1. The second kappa shape index (κ2) is 9.01. The van der Waals surface area contributed by atoms with Crippen molar-refractivity contribution in [3.8, 4) is 16.9 Å². The van der Waals surface area contributed by atoms with Gasteiger partial charge in [-0.2, -0.15) is 0 Å². The number of anilines is 1. The Balaban J connectivity index is 2.07. The van der Waals surface area contributed by atoms with Crippen LogP contribution in [0.2, 0.25) is 0 Å². The average molecular weight is 346 g/mol. The molecule has 0 saturated heterocycles. The summed E-state index contributed by atoms with van der Waals surface area (Å²) in [5.41, 5.74) is 1.40. The lowest BCUT2D eigenvalue weighted by Crippen LogP contribution is -2.11. The Morgan fingerprint density at radius 3 is 2.68 bits per heavy atom. The molecule has 134 valence electrons. The molecule has 0 aliphatic carbocycles. The number of hydrogen-bond acceptors (Lipinski definition) is 4. The van der Waals surface area contributed by atoms with Gasteiger partial charge in [0.1, 0.15) is 5.82 Å². The van der Waals surface area contributed by atoms with E-state index in [1.165, 1.54) is 19.4 Å². The van der Waals surface area contributed by atoms with E-state index in [0.29, 0.717) is 23.9 Å². The second-order valence-electron chi connectivity index (χ2n) is 6.08. The Bertz CT molecular complexity index is 720. The molecule has 25 heavy (non-hydrogen) atoms. The van der Waals surface area contributed by atoms with Crippen molar-refractivity contribution in [2.75, 3.05) is 19.0 Å². The molecular formula is C19H23FN2O3. The Labute approximate surface area is 147 Å². The minimum atomic E-state index is -0.610. The van der Waals surface area contributed by atoms with Gasteiger partial charge in [-0.05, 0) is 54.2 Å². The summed E-state index contributed by atoms with van der Waals surface area (Å²) >= 11 is 0. The number of methoxy groups -OCH3 is 1. The Kier molecular flexibility index (Phi) is 6.74. The van der Waals surface area contributed by atoms with Gasteiger partial charge in [0.05, 0.1) is 13.7 Å². The summed E-state index contributed by atoms with van der Waals surface area (Å²) in [7, 11) is 1.27. The Morgan fingerprint density at radius 1 is 1.24 bits per heavy atom. The van der Waals surface area contributed by atoms with E-state index in [1.807, 2.05) is 0 Å². The zero-order chi connectivity index (χ0) is 18.2. The summed E-state index contributed by atoms with van der Waals surface area (Å²) in [6.07, 6.45) is 2.87. The van der Waals surface area contributed by atoms with Crippen LogP contribution in [0, 0.1) is 11.7 Å². The van der Waals surface area contributed by atoms with Crippen LogP contribution in [-0.2, 0) is 4.74 Å². The van der Waals surface area contributed by atoms with Crippen LogP contribution in [0.25, 0.3) is 11.1 Å². The number of rotatable bonds is 7. The number of carbonyl (C=O) groups excluding carboxylic acids is 1. The molecule has 0 spiro atoms. The van der Waals surface area contributed by atoms with Crippen molar-refractivity contribution in [1.29, 1.82) is 0 Å². The molecule has 1 amide bonds. The first kappa shape index (κ1) is 18.7. The van der Waals surface area contributed by atoms with E-state index < -0.39 is 11.9 Å². The van der Waals surface area contributed by atoms with Gasteiger partial charge >= 0.3 is 6.09 Å². The third-order valence-corrected chi connectivity index (χ3v) is 3.62. The number of nitrogens with one attached hydrogen (secondary N) is 1. The van der Waals surface area contributed by atoms with Gasteiger partial charge in [-0.1, -0.05) is 19.9 Å². The van der Waals surface area contributed by atoms with Crippen molar-refractivity contribution in [2.45, 2.75) is 26.7 Å². The molecule has 0 aliphatic rings. The molecule has 2 aromatic rings. The average Bonchev–Trinajstić information content (AvgIpc) is 2.59. The highest BCUT2D eigenvalue weighted by Crippen LogP contribution is 2.27. The van der Waals surface area contributed by atoms with E-state index >= 15 is 0 Å². The lowest BCUT2D eigenvalue weighted by molar-refractivity contribution is 0.187. The first-order chi connectivity index (χ1) is 12.0. The first-order valence-corrected chi connectivity index (χ1v) is 8.23. The highest BCUT2D eigenvalue weighted by molar-refractivity contribution is 5.84. The highest BCUT2D eigenvalue weighted by atomic mass is 19.1. The van der Waals surface area contributed by atoms with Gasteiger partial charge < -0.3 is 9.47 Å². The number of aromatic nitrogens is 1. The van der Waals surface area contributed by atoms with Gasteiger partial charge in [0.2, 0.25) is 0 Å². The van der Waals surface area contributed by atoms with Gasteiger partial charge in [0.25, 0.3) is 0 Å². The van der Waals surface area contributed by atoms with E-state index in [4.69, 9.17) is 4.74 Å². The number of hydrogen-bond donors (Lipinski definition) is 1. The molecule has 0 fully saturated rings. The van der Waals surface area contributed by atoms with Crippen LogP contribution in [0.3, 0.4) is 0 Å². The largest absolute Gasteiger partial charge is 0.491 e. The zero-order valence-electron chi connectivity index (χ0n) is 14.7. The van der Waals surface area contributed by atoms with Crippen LogP contribution >= 0.6 is 0 Å². The lowest BCUT2D eigenvalue weighted by Gasteiger charge is -2.10. The van der Waals surface area contributed by atoms with Crippen LogP contribution in [0.5, 0.6) is 5.75 Å². The predicted molar refractivity (Wildman–Crippen MR) is 95.2 cm³/mol. The molecule has 0 bridgehead atoms. The molecule has 1 heterocycles. The number of ether oxygens (including phenoxy) is 2. The molecule has 1 N–H and O–H groups in total. The number of pyridine rings is 1. The third-order valence-electron chi connectivity index (χ3n) is 3.62. The van der Waals surface area contributed by atoms with E-state index in [9.17, 15) is 9.18 Å². The minimum absolute atomic E-state index is 0.245. The monoisotopic (exact) mass is 346 g/mol. The number of nitrogens with zero attached hydrogens (tertiary/aromatic N) is 1. The Morgan fingerprint density at radius 2 is 2.00 bits per heavy atom. The summed E-state index contributed by atoms with van der Waals surface area (Å²) in [4.78, 5) is 15.3. The highest BCUT2D eigenvalue weighted by Gasteiger charge is 2.09. The van der Waals surface area contributed by atoms with Gasteiger partial charge in [-0.3, -0.25) is 5.32 Å². The van der Waals surface area contributed by atoms with Gasteiger partial charge in [-0.15, -0.1) is 0 Å². The lowest BCUT2D eigenvalue weighted by atomic mass is 10.1. The van der Waals surface area contributed by atoms with Gasteiger partial charge in [0, 0.05) is 6.20 Å². The fourth-order valence-electron chi connectivity index (χ4n) is 2.31. The molecule has 6 heteroatoms. The van der Waals surface area contributed by atoms with Crippen molar-refractivity contribution >= 4 is 11.9 Å². The van der Waals surface area contributed by atoms with Crippen LogP contribution in [0.1, 0.15) is 26.7 Å². The topological polar surface area (TPSA) is 60.5 Å². The molecule has 5 nitrogen and oxygen atoms in total. The zero-order valence-corrected chi connectivity index (χ0v) is 14.7. The maximum Gasteiger partial charge on any atom is 0.412 e. The van der Waals surface area contributed by atoms with E-state index in [0.717, 1.165) is 18.4 Å². The van der Waals surface area contributed by atoms with E-state index in [2.05, 4.69) is 28.9 Å². The summed E-state index contributed by atoms with van der Waals surface area (Å²) < 4.78 is 24.3. The van der Waals surface area contributed by atoms with Crippen LogP contribution < -0.4 is 10.1 Å². The Hall–Kier alpha value is -2.63. The molecular weight excluding hydrogens is 323 g/mol. The summed E-state index contributed by atoms with van der Waals surface area (Å²) in [5.74, 6) is 0.768. The summed E-state index contributed by atoms with van der Waals surface area (Å²) in [5, 5.41) is 2.48. The van der Waals surface area contributed by atoms with E-state index in [-0.39, 0.29) is 5.75 Å². The number of amides is 1. The minimum Gasteiger partial charge on any atom is -0.491 e. The molecule has 1 aromatic carbocycles. The first-order valence-electron chi connectivity index (χ1n) is 8.23. The smallest absolute Gasteiger partial charge is 0.412 e. The molecule has 0 unspecified atom stereocenters. The molecule has 0 radical (unpaired) electrons. The molecule has 0 aliphatic heterocycles. The summed E-state index contributed by atoms with van der Waals surface area (Å²) in [6, 6.07) is 8.19. The fraction of sp³-hybridized carbons (Fsp3) is 0.368. The van der Waals surface area contributed by atoms with Crippen molar-refractivity contribution in [2.24, 2.45) is 5.92 Å². The van der Waals surface area contributed by atoms with Crippen molar-refractivity contribution in [1.82, 2.24) is 4.98 Å². The van der Waals surface area contributed by atoms with Gasteiger partial charge in [0.15, 0.2) is 11.6 Å². The molecule has 0 saturated carbocycles. The SMILES string of the molecule is COC(=O)Nc1cc(-c2ccc(OCCCC(C)C)c(F)c2)ccn1.